The Morgan fingerprint density at radius 3 is 2.65 bits per heavy atom. The molecule has 0 bridgehead atoms. The van der Waals surface area contributed by atoms with Crippen LogP contribution in [0.25, 0.3) is 0 Å². The predicted octanol–water partition coefficient (Wildman–Crippen LogP) is 1.92. The highest BCUT2D eigenvalue weighted by molar-refractivity contribution is 5.95. The van der Waals surface area contributed by atoms with Crippen LogP contribution in [0, 0.1) is 0 Å². The van der Waals surface area contributed by atoms with Crippen LogP contribution in [0.3, 0.4) is 0 Å². The van der Waals surface area contributed by atoms with Gasteiger partial charge in [0.05, 0.1) is 0 Å². The van der Waals surface area contributed by atoms with E-state index in [0.717, 1.165) is 25.8 Å². The Balaban J connectivity index is 1.71. The topological polar surface area (TPSA) is 66.8 Å². The van der Waals surface area contributed by atoms with Crippen LogP contribution in [-0.2, 0) is 4.79 Å². The molecule has 5 heteroatoms. The van der Waals surface area contributed by atoms with Crippen molar-refractivity contribution in [3.05, 3.63) is 29.8 Å². The third-order valence-corrected chi connectivity index (χ3v) is 4.35. The zero-order valence-corrected chi connectivity index (χ0v) is 11.2. The average Bonchev–Trinajstić information content (AvgIpc) is 2.33. The smallest absolute Gasteiger partial charge is 0.341 e. The Labute approximate surface area is 117 Å². The van der Waals surface area contributed by atoms with Crippen molar-refractivity contribution in [1.29, 1.82) is 0 Å². The highest BCUT2D eigenvalue weighted by Gasteiger charge is 2.51. The Morgan fingerprint density at radius 2 is 2.10 bits per heavy atom. The van der Waals surface area contributed by atoms with Crippen LogP contribution >= 0.6 is 0 Å². The van der Waals surface area contributed by atoms with Crippen molar-refractivity contribution >= 4 is 11.9 Å². The van der Waals surface area contributed by atoms with Gasteiger partial charge in [-0.3, -0.25) is 4.79 Å². The van der Waals surface area contributed by atoms with E-state index in [1.165, 1.54) is 6.42 Å². The summed E-state index contributed by atoms with van der Waals surface area (Å²) in [6.07, 6.45) is 4.52. The van der Waals surface area contributed by atoms with Crippen LogP contribution < -0.4 is 4.74 Å². The predicted molar refractivity (Wildman–Crippen MR) is 71.8 cm³/mol. The molecular formula is C15H17NO4. The lowest BCUT2D eigenvalue weighted by Gasteiger charge is -2.58. The minimum Gasteiger partial charge on any atom is -0.482 e. The molecule has 1 aromatic rings. The first-order valence-corrected chi connectivity index (χ1v) is 6.87. The molecular weight excluding hydrogens is 258 g/mol. The van der Waals surface area contributed by atoms with Crippen LogP contribution in [0.4, 0.5) is 0 Å². The molecule has 1 N–H and O–H groups in total. The van der Waals surface area contributed by atoms with Gasteiger partial charge in [0.15, 0.2) is 6.61 Å². The molecule has 0 atom stereocenters. The monoisotopic (exact) mass is 275 g/mol. The van der Waals surface area contributed by atoms with Crippen molar-refractivity contribution in [3.63, 3.8) is 0 Å². The first-order valence-electron chi connectivity index (χ1n) is 6.87. The number of carboxylic acids is 1. The summed E-state index contributed by atoms with van der Waals surface area (Å²) in [6, 6.07) is 6.75. The minimum absolute atomic E-state index is 0.0247. The van der Waals surface area contributed by atoms with Gasteiger partial charge in [-0.25, -0.2) is 4.79 Å². The normalized spacial score (nSPS) is 19.1. The molecule has 3 rings (SSSR count). The number of nitrogens with zero attached hydrogens (tertiary/aromatic N) is 1. The summed E-state index contributed by atoms with van der Waals surface area (Å²) in [4.78, 5) is 24.9. The summed E-state index contributed by atoms with van der Waals surface area (Å²) in [6.45, 7) is 0.421. The van der Waals surface area contributed by atoms with Gasteiger partial charge in [-0.15, -0.1) is 0 Å². The van der Waals surface area contributed by atoms with E-state index in [2.05, 4.69) is 0 Å². The lowest BCUT2D eigenvalue weighted by molar-refractivity contribution is -0.139. The number of likely N-dealkylation sites (tertiary alicyclic amines) is 1. The molecule has 0 radical (unpaired) electrons. The van der Waals surface area contributed by atoms with Gasteiger partial charge in [-0.2, -0.15) is 0 Å². The SMILES string of the molecule is O=C(O)COc1cccc(C(=O)N2CCC23CCC3)c1. The standard InChI is InChI=1S/C15H17NO4/c17-13(18)10-20-12-4-1-3-11(9-12)14(19)16-8-7-15(16)5-2-6-15/h1,3-4,9H,2,5-8,10H2,(H,17,18). The number of aliphatic carboxylic acids is 1. The van der Waals surface area contributed by atoms with Gasteiger partial charge in [-0.05, 0) is 43.9 Å². The maximum absolute atomic E-state index is 12.5. The Bertz CT molecular complexity index is 545. The van der Waals surface area contributed by atoms with Crippen LogP contribution in [0.5, 0.6) is 5.75 Å². The third kappa shape index (κ3) is 2.13. The Morgan fingerprint density at radius 1 is 1.30 bits per heavy atom. The molecule has 2 fully saturated rings. The van der Waals surface area contributed by atoms with Crippen molar-refractivity contribution in [1.82, 2.24) is 4.90 Å². The van der Waals surface area contributed by atoms with E-state index in [1.807, 2.05) is 4.90 Å². The fourth-order valence-electron chi connectivity index (χ4n) is 2.98. The number of carbonyl (C=O) groups excluding carboxylic acids is 1. The first kappa shape index (κ1) is 13.0. The summed E-state index contributed by atoms with van der Waals surface area (Å²) >= 11 is 0. The summed E-state index contributed by atoms with van der Waals surface area (Å²) in [7, 11) is 0. The van der Waals surface area contributed by atoms with Gasteiger partial charge in [0.1, 0.15) is 5.75 Å². The quantitative estimate of drug-likeness (QED) is 0.911. The Kier molecular flexibility index (Phi) is 3.12. The number of hydrogen-bond acceptors (Lipinski definition) is 3. The van der Waals surface area contributed by atoms with Crippen LogP contribution in [0.15, 0.2) is 24.3 Å². The van der Waals surface area contributed by atoms with E-state index in [4.69, 9.17) is 9.84 Å². The molecule has 2 aliphatic rings. The molecule has 1 saturated heterocycles. The summed E-state index contributed by atoms with van der Waals surface area (Å²) in [5.41, 5.74) is 0.688. The highest BCUT2D eigenvalue weighted by atomic mass is 16.5. The lowest BCUT2D eigenvalue weighted by atomic mass is 9.67. The molecule has 0 aromatic heterocycles. The van der Waals surface area contributed by atoms with Crippen molar-refractivity contribution < 1.29 is 19.4 Å². The van der Waals surface area contributed by atoms with Gasteiger partial charge >= 0.3 is 5.97 Å². The van der Waals surface area contributed by atoms with Gasteiger partial charge < -0.3 is 14.7 Å². The van der Waals surface area contributed by atoms with E-state index >= 15 is 0 Å². The molecule has 0 unspecified atom stereocenters. The van der Waals surface area contributed by atoms with Crippen LogP contribution in [0.1, 0.15) is 36.0 Å². The number of carboxylic acid groups (broad SMARTS) is 1. The maximum Gasteiger partial charge on any atom is 0.341 e. The van der Waals surface area contributed by atoms with Crippen molar-refractivity contribution in [2.24, 2.45) is 0 Å². The van der Waals surface area contributed by atoms with Crippen molar-refractivity contribution in [3.8, 4) is 5.75 Å². The molecule has 1 heterocycles. The third-order valence-electron chi connectivity index (χ3n) is 4.35. The second kappa shape index (κ2) is 4.81. The van der Waals surface area contributed by atoms with E-state index in [1.54, 1.807) is 24.3 Å². The lowest BCUT2D eigenvalue weighted by Crippen LogP contribution is -2.65. The van der Waals surface area contributed by atoms with Gasteiger partial charge in [-0.1, -0.05) is 6.07 Å². The molecule has 1 amide bonds. The number of amides is 1. The molecule has 20 heavy (non-hydrogen) atoms. The average molecular weight is 275 g/mol. The minimum atomic E-state index is -1.03. The van der Waals surface area contributed by atoms with Gasteiger partial charge in [0, 0.05) is 17.6 Å². The summed E-state index contributed by atoms with van der Waals surface area (Å²) in [5.74, 6) is -0.587. The summed E-state index contributed by atoms with van der Waals surface area (Å²) in [5, 5.41) is 8.60. The number of benzene rings is 1. The van der Waals surface area contributed by atoms with Gasteiger partial charge in [0.25, 0.3) is 5.91 Å². The Hall–Kier alpha value is -2.04. The fourth-order valence-corrected chi connectivity index (χ4v) is 2.98. The first-order chi connectivity index (χ1) is 9.61. The highest BCUT2D eigenvalue weighted by Crippen LogP contribution is 2.47. The van der Waals surface area contributed by atoms with Gasteiger partial charge in [0.2, 0.25) is 0 Å². The van der Waals surface area contributed by atoms with Crippen molar-refractivity contribution in [2.75, 3.05) is 13.2 Å². The molecule has 5 nitrogen and oxygen atoms in total. The van der Waals surface area contributed by atoms with E-state index < -0.39 is 12.6 Å². The van der Waals surface area contributed by atoms with E-state index in [0.29, 0.717) is 11.3 Å². The number of hydrogen-bond donors (Lipinski definition) is 1. The van der Waals surface area contributed by atoms with Crippen LogP contribution in [-0.4, -0.2) is 40.6 Å². The second-order valence-corrected chi connectivity index (χ2v) is 5.49. The molecule has 1 aliphatic heterocycles. The fraction of sp³-hybridized carbons (Fsp3) is 0.467. The summed E-state index contributed by atoms with van der Waals surface area (Å²) < 4.78 is 5.11. The molecule has 106 valence electrons. The van der Waals surface area contributed by atoms with Crippen LogP contribution in [0.2, 0.25) is 0 Å². The molecule has 1 aromatic carbocycles. The molecule has 1 aliphatic carbocycles. The van der Waals surface area contributed by atoms with E-state index in [-0.39, 0.29) is 11.4 Å². The number of ether oxygens (including phenoxy) is 1. The van der Waals surface area contributed by atoms with E-state index in [9.17, 15) is 9.59 Å². The second-order valence-electron chi connectivity index (χ2n) is 5.49. The maximum atomic E-state index is 12.5. The number of rotatable bonds is 4. The largest absolute Gasteiger partial charge is 0.482 e. The molecule has 1 spiro atoms. The zero-order chi connectivity index (χ0) is 14.2. The zero-order valence-electron chi connectivity index (χ0n) is 11.2. The van der Waals surface area contributed by atoms with Crippen molar-refractivity contribution in [2.45, 2.75) is 31.2 Å². The number of carbonyl (C=O) groups is 2. The molecule has 1 saturated carbocycles.